The van der Waals surface area contributed by atoms with Crippen LogP contribution in [0, 0.1) is 0 Å². The summed E-state index contributed by atoms with van der Waals surface area (Å²) in [6.45, 7) is 6.29. The molecule has 0 bridgehead atoms. The number of para-hydroxylation sites is 1. The van der Waals surface area contributed by atoms with Crippen LogP contribution in [-0.4, -0.2) is 67.0 Å². The molecule has 2 heterocycles. The van der Waals surface area contributed by atoms with E-state index in [1.54, 1.807) is 50.4 Å². The van der Waals surface area contributed by atoms with Crippen LogP contribution in [0.3, 0.4) is 0 Å². The normalized spacial score (nSPS) is 15.0. The molecule has 0 aliphatic carbocycles. The standard InChI is InChI=1S/C36H39N5O8/c1-5-47-30-17-25(33-32(35(44)46-4)22(3)38-36(45)39-33)15-16-29(30)49-21-31(42)40-37-18-26-20-41(28-10-8-7-9-27(26)28)19-23-11-13-24(14-12-23)34(43)48-6-2/h7-18,20,31,33,40,42H,5-6,19,21H2,1-4H3,(H2,38,39,45)/b37-18+/t31-,33-/m1/s1. The van der Waals surface area contributed by atoms with Crippen molar-refractivity contribution in [2.75, 3.05) is 26.9 Å². The molecule has 2 atom stereocenters. The van der Waals surface area contributed by atoms with Crippen molar-refractivity contribution in [3.05, 3.63) is 106 Å². The molecule has 0 spiro atoms. The maximum Gasteiger partial charge on any atom is 0.338 e. The summed E-state index contributed by atoms with van der Waals surface area (Å²) < 4.78 is 23.8. The number of urea groups is 1. The predicted octanol–water partition coefficient (Wildman–Crippen LogP) is 4.39. The first kappa shape index (κ1) is 34.5. The molecule has 1 aliphatic heterocycles. The SMILES string of the molecule is CCOC(=O)c1ccc(Cn2cc(/C=N/N[C@H](O)COc3ccc([C@H]4NC(=O)NC(C)=C4C(=O)OC)cc3OCC)c3ccccc32)cc1. The highest BCUT2D eigenvalue weighted by Crippen LogP contribution is 2.35. The highest BCUT2D eigenvalue weighted by atomic mass is 16.5. The number of esters is 2. The van der Waals surface area contributed by atoms with E-state index in [9.17, 15) is 19.5 Å². The van der Waals surface area contributed by atoms with Crippen LogP contribution in [0.25, 0.3) is 10.9 Å². The highest BCUT2D eigenvalue weighted by molar-refractivity contribution is 5.99. The summed E-state index contributed by atoms with van der Waals surface area (Å²) in [7, 11) is 1.28. The summed E-state index contributed by atoms with van der Waals surface area (Å²) in [4.78, 5) is 36.7. The van der Waals surface area contributed by atoms with Gasteiger partial charge in [0.1, 0.15) is 6.61 Å². The molecule has 2 amide bonds. The molecule has 13 heteroatoms. The van der Waals surface area contributed by atoms with Crippen molar-refractivity contribution < 1.29 is 38.4 Å². The third kappa shape index (κ3) is 8.19. The first-order valence-corrected chi connectivity index (χ1v) is 15.8. The van der Waals surface area contributed by atoms with Gasteiger partial charge in [-0.3, -0.25) is 5.43 Å². The van der Waals surface area contributed by atoms with Crippen molar-refractivity contribution in [1.82, 2.24) is 20.6 Å². The lowest BCUT2D eigenvalue weighted by Crippen LogP contribution is -2.45. The molecule has 1 aliphatic rings. The molecule has 13 nitrogen and oxygen atoms in total. The zero-order chi connectivity index (χ0) is 34.9. The minimum Gasteiger partial charge on any atom is -0.490 e. The number of aromatic nitrogens is 1. The molecule has 3 aromatic carbocycles. The molecule has 4 aromatic rings. The first-order valence-electron chi connectivity index (χ1n) is 15.8. The number of carbonyl (C=O) groups excluding carboxylic acids is 3. The van der Waals surface area contributed by atoms with Crippen LogP contribution >= 0.6 is 0 Å². The van der Waals surface area contributed by atoms with E-state index >= 15 is 0 Å². The molecule has 0 saturated heterocycles. The molecular weight excluding hydrogens is 630 g/mol. The number of fused-ring (bicyclic) bond motifs is 1. The number of allylic oxidation sites excluding steroid dienone is 1. The predicted molar refractivity (Wildman–Crippen MR) is 182 cm³/mol. The Bertz CT molecular complexity index is 1880. The summed E-state index contributed by atoms with van der Waals surface area (Å²) in [5.41, 5.74) is 7.30. The molecule has 0 fully saturated rings. The van der Waals surface area contributed by atoms with Crippen molar-refractivity contribution in [2.45, 2.75) is 39.6 Å². The second-order valence-electron chi connectivity index (χ2n) is 11.1. The maximum absolute atomic E-state index is 12.5. The number of rotatable bonds is 14. The van der Waals surface area contributed by atoms with Gasteiger partial charge in [0.05, 0.1) is 43.7 Å². The van der Waals surface area contributed by atoms with E-state index in [1.165, 1.54) is 7.11 Å². The second kappa shape index (κ2) is 15.8. The zero-order valence-corrected chi connectivity index (χ0v) is 27.7. The van der Waals surface area contributed by atoms with Gasteiger partial charge < -0.3 is 39.3 Å². The third-order valence-electron chi connectivity index (χ3n) is 7.74. The van der Waals surface area contributed by atoms with E-state index in [-0.39, 0.29) is 18.1 Å². The Hall–Kier alpha value is -5.82. The summed E-state index contributed by atoms with van der Waals surface area (Å²) in [5.74, 6) is -0.198. The number of hydrogen-bond acceptors (Lipinski definition) is 10. The number of methoxy groups -OCH3 is 1. The summed E-state index contributed by atoms with van der Waals surface area (Å²) in [5, 5.41) is 21.2. The summed E-state index contributed by atoms with van der Waals surface area (Å²) in [6, 6.07) is 19.1. The number of nitrogens with one attached hydrogen (secondary N) is 3. The van der Waals surface area contributed by atoms with Gasteiger partial charge in [0.2, 0.25) is 0 Å². The minimum absolute atomic E-state index is 0.156. The Morgan fingerprint density at radius 2 is 1.80 bits per heavy atom. The van der Waals surface area contributed by atoms with Gasteiger partial charge in [-0.05, 0) is 62.2 Å². The van der Waals surface area contributed by atoms with E-state index in [2.05, 4.69) is 25.7 Å². The monoisotopic (exact) mass is 669 g/mol. The molecule has 0 unspecified atom stereocenters. The number of carbonyl (C=O) groups is 3. The fraction of sp³-hybridized carbons (Fsp3) is 0.278. The largest absolute Gasteiger partial charge is 0.490 e. The fourth-order valence-corrected chi connectivity index (χ4v) is 5.48. The molecule has 256 valence electrons. The summed E-state index contributed by atoms with van der Waals surface area (Å²) in [6.07, 6.45) is 2.45. The van der Waals surface area contributed by atoms with Crippen LogP contribution in [0.5, 0.6) is 11.5 Å². The van der Waals surface area contributed by atoms with Gasteiger partial charge in [0.25, 0.3) is 0 Å². The zero-order valence-electron chi connectivity index (χ0n) is 27.7. The topological polar surface area (TPSA) is 162 Å². The van der Waals surface area contributed by atoms with E-state index < -0.39 is 24.3 Å². The Morgan fingerprint density at radius 1 is 1.02 bits per heavy atom. The smallest absolute Gasteiger partial charge is 0.338 e. The molecule has 4 N–H and O–H groups in total. The molecule has 49 heavy (non-hydrogen) atoms. The third-order valence-corrected chi connectivity index (χ3v) is 7.74. The lowest BCUT2D eigenvalue weighted by atomic mass is 9.95. The quantitative estimate of drug-likeness (QED) is 0.0661. The van der Waals surface area contributed by atoms with Gasteiger partial charge in [0.15, 0.2) is 17.7 Å². The highest BCUT2D eigenvalue weighted by Gasteiger charge is 2.32. The van der Waals surface area contributed by atoms with Gasteiger partial charge in [-0.15, -0.1) is 0 Å². The van der Waals surface area contributed by atoms with Crippen LogP contribution in [0.15, 0.2) is 89.3 Å². The Labute approximate surface area is 283 Å². The number of ether oxygens (including phenoxy) is 4. The molecule has 0 radical (unpaired) electrons. The second-order valence-corrected chi connectivity index (χ2v) is 11.1. The molecule has 1 aromatic heterocycles. The van der Waals surface area contributed by atoms with E-state index in [0.29, 0.717) is 48.1 Å². The number of aliphatic hydroxyl groups is 1. The van der Waals surface area contributed by atoms with E-state index in [1.807, 2.05) is 49.5 Å². The van der Waals surface area contributed by atoms with Gasteiger partial charge in [0, 0.05) is 34.9 Å². The van der Waals surface area contributed by atoms with Crippen molar-refractivity contribution in [3.8, 4) is 11.5 Å². The van der Waals surface area contributed by atoms with Crippen LogP contribution < -0.4 is 25.5 Å². The van der Waals surface area contributed by atoms with Crippen molar-refractivity contribution in [3.63, 3.8) is 0 Å². The Balaban J connectivity index is 1.24. The number of hydrazone groups is 1. The van der Waals surface area contributed by atoms with Crippen molar-refractivity contribution in [2.24, 2.45) is 5.10 Å². The molecule has 5 rings (SSSR count). The Kier molecular flexibility index (Phi) is 11.2. The number of nitrogens with zero attached hydrogens (tertiary/aromatic N) is 2. The van der Waals surface area contributed by atoms with Crippen LogP contribution in [-0.2, 0) is 20.8 Å². The first-order chi connectivity index (χ1) is 23.7. The van der Waals surface area contributed by atoms with Gasteiger partial charge in [-0.1, -0.05) is 36.4 Å². The number of aliphatic hydroxyl groups excluding tert-OH is 1. The van der Waals surface area contributed by atoms with Gasteiger partial charge in [-0.2, -0.15) is 5.10 Å². The maximum atomic E-state index is 12.5. The average Bonchev–Trinajstić information content (AvgIpc) is 3.44. The average molecular weight is 670 g/mol. The van der Waals surface area contributed by atoms with Crippen LogP contribution in [0.1, 0.15) is 53.9 Å². The van der Waals surface area contributed by atoms with Crippen LogP contribution in [0.4, 0.5) is 4.79 Å². The summed E-state index contributed by atoms with van der Waals surface area (Å²) >= 11 is 0. The number of amides is 2. The van der Waals surface area contributed by atoms with E-state index in [4.69, 9.17) is 18.9 Å². The minimum atomic E-state index is -1.16. The van der Waals surface area contributed by atoms with Crippen molar-refractivity contribution in [1.29, 1.82) is 0 Å². The fourth-order valence-electron chi connectivity index (χ4n) is 5.48. The van der Waals surface area contributed by atoms with Gasteiger partial charge >= 0.3 is 18.0 Å². The lowest BCUT2D eigenvalue weighted by Gasteiger charge is -2.28. The van der Waals surface area contributed by atoms with Crippen molar-refractivity contribution >= 4 is 35.1 Å². The Morgan fingerprint density at radius 3 is 2.53 bits per heavy atom. The van der Waals surface area contributed by atoms with Gasteiger partial charge in [-0.25, -0.2) is 14.4 Å². The number of benzene rings is 3. The number of hydrogen-bond donors (Lipinski definition) is 4. The molecule has 0 saturated carbocycles. The van der Waals surface area contributed by atoms with E-state index in [0.717, 1.165) is 22.0 Å². The van der Waals surface area contributed by atoms with Crippen LogP contribution in [0.2, 0.25) is 0 Å². The lowest BCUT2D eigenvalue weighted by molar-refractivity contribution is -0.136. The molecular formula is C36H39N5O8.